The summed E-state index contributed by atoms with van der Waals surface area (Å²) in [5, 5.41) is 4.55. The molecule has 0 aliphatic heterocycles. The van der Waals surface area contributed by atoms with Crippen molar-refractivity contribution in [1.29, 1.82) is 0 Å². The Morgan fingerprint density at radius 2 is 2.00 bits per heavy atom. The molecule has 0 saturated heterocycles. The van der Waals surface area contributed by atoms with Gasteiger partial charge in [-0.2, -0.15) is 5.10 Å². The SMILES string of the molecule is NCc1nc(C2CC2)nn1-c1ccc(Br)cc1. The number of hydrogen-bond donors (Lipinski definition) is 1. The number of benzene rings is 1. The lowest BCUT2D eigenvalue weighted by molar-refractivity contribution is 0.780. The van der Waals surface area contributed by atoms with Crippen molar-refractivity contribution < 1.29 is 0 Å². The van der Waals surface area contributed by atoms with E-state index in [1.807, 2.05) is 28.9 Å². The van der Waals surface area contributed by atoms with Gasteiger partial charge in [0.25, 0.3) is 0 Å². The summed E-state index contributed by atoms with van der Waals surface area (Å²) in [7, 11) is 0. The molecule has 5 heteroatoms. The van der Waals surface area contributed by atoms with Crippen LogP contribution in [0.15, 0.2) is 28.7 Å². The molecule has 1 aliphatic rings. The second-order valence-electron chi connectivity index (χ2n) is 4.25. The number of aromatic nitrogens is 3. The number of rotatable bonds is 3. The number of hydrogen-bond acceptors (Lipinski definition) is 3. The highest BCUT2D eigenvalue weighted by Gasteiger charge is 2.28. The van der Waals surface area contributed by atoms with Crippen molar-refractivity contribution in [3.63, 3.8) is 0 Å². The van der Waals surface area contributed by atoms with Crippen molar-refractivity contribution in [2.75, 3.05) is 0 Å². The van der Waals surface area contributed by atoms with Crippen molar-refractivity contribution in [1.82, 2.24) is 14.8 Å². The summed E-state index contributed by atoms with van der Waals surface area (Å²) in [6, 6.07) is 8.01. The molecule has 0 amide bonds. The zero-order valence-corrected chi connectivity index (χ0v) is 10.9. The second kappa shape index (κ2) is 4.23. The first-order valence-electron chi connectivity index (χ1n) is 5.70. The fourth-order valence-corrected chi connectivity index (χ4v) is 2.06. The van der Waals surface area contributed by atoms with E-state index in [4.69, 9.17) is 5.73 Å². The molecule has 2 aromatic rings. The Morgan fingerprint density at radius 1 is 1.29 bits per heavy atom. The van der Waals surface area contributed by atoms with Crippen molar-refractivity contribution in [2.45, 2.75) is 25.3 Å². The van der Waals surface area contributed by atoms with Crippen molar-refractivity contribution in [3.8, 4) is 5.69 Å². The van der Waals surface area contributed by atoms with E-state index in [0.717, 1.165) is 21.8 Å². The third-order valence-corrected chi connectivity index (χ3v) is 3.42. The van der Waals surface area contributed by atoms with Crippen molar-refractivity contribution in [3.05, 3.63) is 40.4 Å². The monoisotopic (exact) mass is 292 g/mol. The minimum atomic E-state index is 0.412. The Morgan fingerprint density at radius 3 is 2.59 bits per heavy atom. The van der Waals surface area contributed by atoms with Gasteiger partial charge in [0.2, 0.25) is 0 Å². The van der Waals surface area contributed by atoms with Crippen molar-refractivity contribution >= 4 is 15.9 Å². The molecule has 88 valence electrons. The highest BCUT2D eigenvalue weighted by Crippen LogP contribution is 2.38. The van der Waals surface area contributed by atoms with Crippen LogP contribution in [0.5, 0.6) is 0 Å². The smallest absolute Gasteiger partial charge is 0.154 e. The molecule has 1 aromatic heterocycles. The molecule has 1 heterocycles. The standard InChI is InChI=1S/C12H13BrN4/c13-9-3-5-10(6-4-9)17-11(7-14)15-12(16-17)8-1-2-8/h3-6,8H,1-2,7,14H2. The van der Waals surface area contributed by atoms with Gasteiger partial charge < -0.3 is 5.73 Å². The summed E-state index contributed by atoms with van der Waals surface area (Å²) in [4.78, 5) is 4.50. The molecular formula is C12H13BrN4. The largest absolute Gasteiger partial charge is 0.324 e. The number of nitrogens with zero attached hydrogens (tertiary/aromatic N) is 3. The summed E-state index contributed by atoms with van der Waals surface area (Å²) in [6.07, 6.45) is 2.41. The summed E-state index contributed by atoms with van der Waals surface area (Å²) >= 11 is 3.42. The molecule has 3 rings (SSSR count). The summed E-state index contributed by atoms with van der Waals surface area (Å²) in [6.45, 7) is 0.412. The lowest BCUT2D eigenvalue weighted by atomic mass is 10.3. The van der Waals surface area contributed by atoms with Crippen LogP contribution in [-0.4, -0.2) is 14.8 Å². The van der Waals surface area contributed by atoms with Crippen LogP contribution in [0.3, 0.4) is 0 Å². The lowest BCUT2D eigenvalue weighted by Gasteiger charge is -2.03. The van der Waals surface area contributed by atoms with E-state index in [1.165, 1.54) is 12.8 Å². The van der Waals surface area contributed by atoms with Crippen LogP contribution in [0, 0.1) is 0 Å². The Bertz CT molecular complexity index is 528. The van der Waals surface area contributed by atoms with E-state index in [2.05, 4.69) is 26.0 Å². The van der Waals surface area contributed by atoms with E-state index in [-0.39, 0.29) is 0 Å². The highest BCUT2D eigenvalue weighted by molar-refractivity contribution is 9.10. The fourth-order valence-electron chi connectivity index (χ4n) is 1.80. The van der Waals surface area contributed by atoms with Crippen LogP contribution in [0.4, 0.5) is 0 Å². The molecule has 1 fully saturated rings. The van der Waals surface area contributed by atoms with Crippen molar-refractivity contribution in [2.24, 2.45) is 5.73 Å². The zero-order chi connectivity index (χ0) is 11.8. The maximum atomic E-state index is 5.72. The van der Waals surface area contributed by atoms with Crippen LogP contribution in [-0.2, 0) is 6.54 Å². The van der Waals surface area contributed by atoms with Gasteiger partial charge >= 0.3 is 0 Å². The summed E-state index contributed by atoms with van der Waals surface area (Å²) < 4.78 is 2.90. The number of nitrogens with two attached hydrogens (primary N) is 1. The van der Waals surface area contributed by atoms with Gasteiger partial charge in [-0.3, -0.25) is 0 Å². The topological polar surface area (TPSA) is 56.7 Å². The molecule has 1 saturated carbocycles. The first-order chi connectivity index (χ1) is 8.28. The Kier molecular flexibility index (Phi) is 2.72. The molecule has 0 unspecified atom stereocenters. The maximum Gasteiger partial charge on any atom is 0.154 e. The fraction of sp³-hybridized carbons (Fsp3) is 0.333. The lowest BCUT2D eigenvalue weighted by Crippen LogP contribution is -2.07. The second-order valence-corrected chi connectivity index (χ2v) is 5.17. The Hall–Kier alpha value is -1.20. The molecule has 0 radical (unpaired) electrons. The van der Waals surface area contributed by atoms with E-state index in [0.29, 0.717) is 12.5 Å². The van der Waals surface area contributed by atoms with Crippen LogP contribution < -0.4 is 5.73 Å². The van der Waals surface area contributed by atoms with Gasteiger partial charge in [0, 0.05) is 10.4 Å². The van der Waals surface area contributed by atoms with E-state index >= 15 is 0 Å². The molecule has 0 bridgehead atoms. The molecular weight excluding hydrogens is 280 g/mol. The first kappa shape index (κ1) is 10.9. The Labute approximate surface area is 108 Å². The zero-order valence-electron chi connectivity index (χ0n) is 9.31. The molecule has 2 N–H and O–H groups in total. The maximum absolute atomic E-state index is 5.72. The minimum absolute atomic E-state index is 0.412. The van der Waals surface area contributed by atoms with Crippen LogP contribution in [0.25, 0.3) is 5.69 Å². The number of halogens is 1. The average molecular weight is 293 g/mol. The molecule has 1 aromatic carbocycles. The van der Waals surface area contributed by atoms with Gasteiger partial charge in [0.1, 0.15) is 5.82 Å². The average Bonchev–Trinajstić information content (AvgIpc) is 3.10. The summed E-state index contributed by atoms with van der Waals surface area (Å²) in [5.74, 6) is 2.32. The normalized spacial score (nSPS) is 15.2. The minimum Gasteiger partial charge on any atom is -0.324 e. The van der Waals surface area contributed by atoms with Crippen LogP contribution in [0.1, 0.15) is 30.4 Å². The predicted molar refractivity (Wildman–Crippen MR) is 68.9 cm³/mol. The Balaban J connectivity index is 2.02. The molecule has 17 heavy (non-hydrogen) atoms. The summed E-state index contributed by atoms with van der Waals surface area (Å²) in [5.41, 5.74) is 6.73. The van der Waals surface area contributed by atoms with E-state index in [1.54, 1.807) is 0 Å². The van der Waals surface area contributed by atoms with E-state index < -0.39 is 0 Å². The molecule has 0 atom stereocenters. The quantitative estimate of drug-likeness (QED) is 0.945. The molecule has 1 aliphatic carbocycles. The molecule has 0 spiro atoms. The third kappa shape index (κ3) is 2.12. The van der Waals surface area contributed by atoms with Gasteiger partial charge in [0.05, 0.1) is 12.2 Å². The van der Waals surface area contributed by atoms with Gasteiger partial charge in [0.15, 0.2) is 5.82 Å². The third-order valence-electron chi connectivity index (χ3n) is 2.89. The highest BCUT2D eigenvalue weighted by atomic mass is 79.9. The van der Waals surface area contributed by atoms with Crippen LogP contribution in [0.2, 0.25) is 0 Å². The predicted octanol–water partition coefficient (Wildman–Crippen LogP) is 2.37. The van der Waals surface area contributed by atoms with Crippen LogP contribution >= 0.6 is 15.9 Å². The van der Waals surface area contributed by atoms with Gasteiger partial charge in [-0.15, -0.1) is 0 Å². The van der Waals surface area contributed by atoms with Gasteiger partial charge in [-0.25, -0.2) is 9.67 Å². The molecule has 4 nitrogen and oxygen atoms in total. The van der Waals surface area contributed by atoms with Gasteiger partial charge in [-0.1, -0.05) is 15.9 Å². The van der Waals surface area contributed by atoms with E-state index in [9.17, 15) is 0 Å². The first-order valence-corrected chi connectivity index (χ1v) is 6.49. The van der Waals surface area contributed by atoms with Gasteiger partial charge in [-0.05, 0) is 37.1 Å².